The number of aromatic nitrogens is 3. The lowest BCUT2D eigenvalue weighted by Crippen LogP contribution is -2.43. The van der Waals surface area contributed by atoms with Crippen LogP contribution in [0, 0.1) is 0 Å². The van der Waals surface area contributed by atoms with Gasteiger partial charge in [0.15, 0.2) is 0 Å². The normalized spacial score (nSPS) is 14.0. The van der Waals surface area contributed by atoms with Gasteiger partial charge in [-0.15, -0.1) is 0 Å². The lowest BCUT2D eigenvalue weighted by Gasteiger charge is -2.13. The third kappa shape index (κ3) is 4.72. The van der Waals surface area contributed by atoms with E-state index in [1.165, 1.54) is 13.3 Å². The van der Waals surface area contributed by atoms with Gasteiger partial charge in [0.05, 0.1) is 11.5 Å². The van der Waals surface area contributed by atoms with Crippen molar-refractivity contribution in [3.63, 3.8) is 0 Å². The van der Waals surface area contributed by atoms with Gasteiger partial charge in [-0.1, -0.05) is 0 Å². The third-order valence-corrected chi connectivity index (χ3v) is 3.74. The van der Waals surface area contributed by atoms with E-state index in [9.17, 15) is 13.8 Å². The Balaban J connectivity index is 2.68. The van der Waals surface area contributed by atoms with Crippen molar-refractivity contribution in [1.29, 1.82) is 0 Å². The zero-order valence-electron chi connectivity index (χ0n) is 11.6. The van der Waals surface area contributed by atoms with Gasteiger partial charge in [0.1, 0.15) is 18.2 Å². The van der Waals surface area contributed by atoms with Crippen LogP contribution in [0.25, 0.3) is 0 Å². The topological polar surface area (TPSA) is 114 Å². The Hall–Kier alpha value is -1.77. The van der Waals surface area contributed by atoms with E-state index < -0.39 is 28.7 Å². The van der Waals surface area contributed by atoms with Crippen molar-refractivity contribution >= 4 is 22.7 Å². The number of carbonyl (C=O) groups is 2. The number of aliphatic carboxylic acids is 1. The van der Waals surface area contributed by atoms with Gasteiger partial charge in [-0.25, -0.2) is 14.5 Å². The summed E-state index contributed by atoms with van der Waals surface area (Å²) in [4.78, 5) is 25.9. The Morgan fingerprint density at radius 3 is 2.65 bits per heavy atom. The zero-order chi connectivity index (χ0) is 15.3. The van der Waals surface area contributed by atoms with Crippen molar-refractivity contribution in [2.24, 2.45) is 0 Å². The second-order valence-corrected chi connectivity index (χ2v) is 6.06. The number of nitrogens with one attached hydrogen (secondary N) is 1. The molecule has 112 valence electrons. The molecule has 1 heterocycles. The maximum absolute atomic E-state index is 12.0. The largest absolute Gasteiger partial charge is 0.480 e. The molecule has 0 fully saturated rings. The number of nitrogens with zero attached hydrogens (tertiary/aromatic N) is 3. The molecule has 0 saturated heterocycles. The number of carboxylic acids is 1. The van der Waals surface area contributed by atoms with E-state index in [1.54, 1.807) is 4.68 Å². The number of carboxylic acid groups (broad SMARTS) is 1. The molecule has 9 heteroatoms. The van der Waals surface area contributed by atoms with Crippen molar-refractivity contribution in [3.05, 3.63) is 12.2 Å². The SMILES string of the molecule is CC(=O)N[C@@H](CS(=O)Cc1ncnn1C(C)C)C(=O)O. The fraction of sp³-hybridized carbons (Fsp3) is 0.636. The summed E-state index contributed by atoms with van der Waals surface area (Å²) >= 11 is 0. The lowest BCUT2D eigenvalue weighted by atomic mass is 10.3. The lowest BCUT2D eigenvalue weighted by molar-refractivity contribution is -0.140. The third-order valence-electron chi connectivity index (χ3n) is 2.45. The van der Waals surface area contributed by atoms with Crippen LogP contribution in [0.1, 0.15) is 32.6 Å². The minimum Gasteiger partial charge on any atom is -0.480 e. The highest BCUT2D eigenvalue weighted by Crippen LogP contribution is 2.08. The Labute approximate surface area is 119 Å². The maximum Gasteiger partial charge on any atom is 0.327 e. The molecular weight excluding hydrogens is 284 g/mol. The second kappa shape index (κ2) is 7.13. The van der Waals surface area contributed by atoms with Gasteiger partial charge in [0.25, 0.3) is 0 Å². The van der Waals surface area contributed by atoms with Crippen LogP contribution in [-0.4, -0.2) is 47.8 Å². The highest BCUT2D eigenvalue weighted by atomic mass is 32.2. The minimum atomic E-state index is -1.46. The quantitative estimate of drug-likeness (QED) is 0.714. The van der Waals surface area contributed by atoms with E-state index in [0.29, 0.717) is 5.82 Å². The molecule has 1 amide bonds. The smallest absolute Gasteiger partial charge is 0.327 e. The Morgan fingerprint density at radius 1 is 1.50 bits per heavy atom. The molecule has 0 aliphatic carbocycles. The molecule has 0 aromatic carbocycles. The van der Waals surface area contributed by atoms with Gasteiger partial charge in [0.2, 0.25) is 5.91 Å². The highest BCUT2D eigenvalue weighted by molar-refractivity contribution is 7.84. The molecule has 0 bridgehead atoms. The second-order valence-electron chi connectivity index (χ2n) is 4.56. The van der Waals surface area contributed by atoms with Crippen molar-refractivity contribution in [2.45, 2.75) is 38.6 Å². The van der Waals surface area contributed by atoms with E-state index in [-0.39, 0.29) is 17.5 Å². The average molecular weight is 302 g/mol. The van der Waals surface area contributed by atoms with E-state index in [2.05, 4.69) is 15.4 Å². The van der Waals surface area contributed by atoms with Crippen molar-refractivity contribution < 1.29 is 18.9 Å². The summed E-state index contributed by atoms with van der Waals surface area (Å²) < 4.78 is 13.6. The molecule has 0 saturated carbocycles. The molecule has 2 atom stereocenters. The van der Waals surface area contributed by atoms with Crippen molar-refractivity contribution in [2.75, 3.05) is 5.75 Å². The van der Waals surface area contributed by atoms with E-state index >= 15 is 0 Å². The number of rotatable bonds is 7. The monoisotopic (exact) mass is 302 g/mol. The molecule has 0 aliphatic rings. The first kappa shape index (κ1) is 16.3. The fourth-order valence-electron chi connectivity index (χ4n) is 1.62. The minimum absolute atomic E-state index is 0.0788. The van der Waals surface area contributed by atoms with Crippen LogP contribution >= 0.6 is 0 Å². The fourth-order valence-corrected chi connectivity index (χ4v) is 2.83. The number of carbonyl (C=O) groups excluding carboxylic acids is 1. The van der Waals surface area contributed by atoms with Gasteiger partial charge >= 0.3 is 5.97 Å². The molecule has 1 rings (SSSR count). The molecule has 2 N–H and O–H groups in total. The van der Waals surface area contributed by atoms with Crippen molar-refractivity contribution in [3.8, 4) is 0 Å². The predicted molar refractivity (Wildman–Crippen MR) is 72.4 cm³/mol. The first-order valence-corrected chi connectivity index (χ1v) is 7.53. The van der Waals surface area contributed by atoms with Crippen LogP contribution in [0.3, 0.4) is 0 Å². The molecule has 20 heavy (non-hydrogen) atoms. The van der Waals surface area contributed by atoms with E-state index in [0.717, 1.165) is 0 Å². The summed E-state index contributed by atoms with van der Waals surface area (Å²) in [6.07, 6.45) is 1.37. The number of hydrogen-bond acceptors (Lipinski definition) is 5. The van der Waals surface area contributed by atoms with Crippen LogP contribution in [0.4, 0.5) is 0 Å². The van der Waals surface area contributed by atoms with Crippen LogP contribution in [0.2, 0.25) is 0 Å². The molecule has 0 spiro atoms. The van der Waals surface area contributed by atoms with Gasteiger partial charge in [-0.3, -0.25) is 9.00 Å². The Bertz CT molecular complexity index is 514. The van der Waals surface area contributed by atoms with Crippen molar-refractivity contribution in [1.82, 2.24) is 20.1 Å². The highest BCUT2D eigenvalue weighted by Gasteiger charge is 2.22. The standard InChI is InChI=1S/C11H18N4O4S/c1-7(2)15-10(12-6-13-15)5-20(19)4-9(11(17)18)14-8(3)16/h6-7,9H,4-5H2,1-3H3,(H,14,16)(H,17,18)/t9-,20?/m0/s1. The van der Waals surface area contributed by atoms with Gasteiger partial charge in [-0.05, 0) is 13.8 Å². The molecule has 1 aromatic rings. The average Bonchev–Trinajstić information content (AvgIpc) is 2.75. The van der Waals surface area contributed by atoms with Crippen LogP contribution < -0.4 is 5.32 Å². The summed E-state index contributed by atoms with van der Waals surface area (Å²) in [5, 5.41) is 15.2. The Kier molecular flexibility index (Phi) is 5.81. The van der Waals surface area contributed by atoms with E-state index in [1.807, 2.05) is 13.8 Å². The first-order chi connectivity index (χ1) is 9.31. The first-order valence-electron chi connectivity index (χ1n) is 6.04. The molecular formula is C11H18N4O4S. The predicted octanol–water partition coefficient (Wildman–Crippen LogP) is -0.303. The Morgan fingerprint density at radius 2 is 2.15 bits per heavy atom. The van der Waals surface area contributed by atoms with Gasteiger partial charge < -0.3 is 10.4 Å². The molecule has 1 aromatic heterocycles. The van der Waals surface area contributed by atoms with Crippen LogP contribution in [0.15, 0.2) is 6.33 Å². The summed E-state index contributed by atoms with van der Waals surface area (Å²) in [6, 6.07) is -1.08. The molecule has 1 unspecified atom stereocenters. The number of amides is 1. The van der Waals surface area contributed by atoms with Crippen LogP contribution in [-0.2, 0) is 26.1 Å². The van der Waals surface area contributed by atoms with Crippen LogP contribution in [0.5, 0.6) is 0 Å². The van der Waals surface area contributed by atoms with Gasteiger partial charge in [0, 0.05) is 23.8 Å². The van der Waals surface area contributed by atoms with Gasteiger partial charge in [-0.2, -0.15) is 5.10 Å². The summed E-state index contributed by atoms with van der Waals surface area (Å²) in [5.41, 5.74) is 0. The summed E-state index contributed by atoms with van der Waals surface area (Å²) in [5.74, 6) is -1.22. The summed E-state index contributed by atoms with van der Waals surface area (Å²) in [7, 11) is -1.46. The molecule has 8 nitrogen and oxygen atoms in total. The summed E-state index contributed by atoms with van der Waals surface area (Å²) in [6.45, 7) is 5.05. The molecule has 0 aliphatic heterocycles. The number of hydrogen-bond donors (Lipinski definition) is 2. The van der Waals surface area contributed by atoms with E-state index in [4.69, 9.17) is 5.11 Å². The zero-order valence-corrected chi connectivity index (χ0v) is 12.4. The maximum atomic E-state index is 12.0. The molecule has 0 radical (unpaired) electrons.